The van der Waals surface area contributed by atoms with Crippen LogP contribution >= 0.6 is 22.9 Å². The topological polar surface area (TPSA) is 58.1 Å². The van der Waals surface area contributed by atoms with Crippen molar-refractivity contribution in [1.29, 1.82) is 0 Å². The summed E-state index contributed by atoms with van der Waals surface area (Å²) < 4.78 is 0.955. The van der Waals surface area contributed by atoms with Crippen LogP contribution in [0.15, 0.2) is 42.3 Å². The molecule has 1 N–H and O–H groups in total. The Kier molecular flexibility index (Phi) is 4.15. The minimum atomic E-state index is -0.0798. The molecule has 2 aromatic heterocycles. The molecule has 0 saturated carbocycles. The zero-order valence-corrected chi connectivity index (χ0v) is 14.9. The number of halogens is 1. The summed E-state index contributed by atoms with van der Waals surface area (Å²) in [6.45, 7) is 4.30. The number of benzene rings is 1. The molecule has 3 heterocycles. The van der Waals surface area contributed by atoms with Gasteiger partial charge in [0.25, 0.3) is 0 Å². The standard InChI is InChI=1S/C18H15ClN4OS/c1-2-15(24)23-9-4-5-11-12(6-3-7-14(11)23)20-17-16-13(8-10-25-16)21-18(19)22-17/h2-3,6-8,10H,1,4-5,9H2,(H,20,21,22). The number of amides is 1. The maximum absolute atomic E-state index is 12.1. The van der Waals surface area contributed by atoms with Gasteiger partial charge >= 0.3 is 0 Å². The van der Waals surface area contributed by atoms with Crippen LogP contribution in [0.3, 0.4) is 0 Å². The van der Waals surface area contributed by atoms with Crippen LogP contribution in [0.1, 0.15) is 12.0 Å². The number of aromatic nitrogens is 2. The molecule has 4 rings (SSSR count). The molecule has 0 atom stereocenters. The molecule has 7 heteroatoms. The second kappa shape index (κ2) is 6.46. The molecule has 0 aliphatic carbocycles. The molecule has 126 valence electrons. The summed E-state index contributed by atoms with van der Waals surface area (Å²) in [6.07, 6.45) is 3.16. The molecule has 1 aliphatic rings. The number of thiophene rings is 1. The Bertz CT molecular complexity index is 984. The van der Waals surface area contributed by atoms with Gasteiger partial charge in [0.05, 0.1) is 10.2 Å². The highest BCUT2D eigenvalue weighted by atomic mass is 35.5. The van der Waals surface area contributed by atoms with Gasteiger partial charge < -0.3 is 10.2 Å². The van der Waals surface area contributed by atoms with Crippen molar-refractivity contribution in [2.45, 2.75) is 12.8 Å². The maximum atomic E-state index is 12.1. The van der Waals surface area contributed by atoms with Crippen molar-refractivity contribution in [3.05, 3.63) is 53.1 Å². The fraction of sp³-hybridized carbons (Fsp3) is 0.167. The maximum Gasteiger partial charge on any atom is 0.250 e. The Hall–Kier alpha value is -2.44. The summed E-state index contributed by atoms with van der Waals surface area (Å²) in [4.78, 5) is 22.5. The number of anilines is 3. The zero-order chi connectivity index (χ0) is 17.4. The molecule has 0 bridgehead atoms. The minimum absolute atomic E-state index is 0.0798. The van der Waals surface area contributed by atoms with Crippen LogP contribution in [0, 0.1) is 0 Å². The van der Waals surface area contributed by atoms with Gasteiger partial charge in [0.15, 0.2) is 5.82 Å². The predicted molar refractivity (Wildman–Crippen MR) is 103 cm³/mol. The van der Waals surface area contributed by atoms with Gasteiger partial charge in [-0.15, -0.1) is 11.3 Å². The molecule has 1 aliphatic heterocycles. The highest BCUT2D eigenvalue weighted by Gasteiger charge is 2.23. The van der Waals surface area contributed by atoms with E-state index < -0.39 is 0 Å². The first-order valence-electron chi connectivity index (χ1n) is 7.91. The Morgan fingerprint density at radius 2 is 2.24 bits per heavy atom. The lowest BCUT2D eigenvalue weighted by molar-refractivity contribution is -0.114. The minimum Gasteiger partial charge on any atom is -0.339 e. The van der Waals surface area contributed by atoms with E-state index in [4.69, 9.17) is 11.6 Å². The summed E-state index contributed by atoms with van der Waals surface area (Å²) in [5.41, 5.74) is 3.77. The third-order valence-electron chi connectivity index (χ3n) is 4.22. The summed E-state index contributed by atoms with van der Waals surface area (Å²) in [7, 11) is 0. The van der Waals surface area contributed by atoms with E-state index in [-0.39, 0.29) is 11.2 Å². The molecule has 0 fully saturated rings. The van der Waals surface area contributed by atoms with Crippen molar-refractivity contribution in [3.8, 4) is 0 Å². The van der Waals surface area contributed by atoms with Gasteiger partial charge in [-0.1, -0.05) is 12.6 Å². The lowest BCUT2D eigenvalue weighted by Gasteiger charge is -2.30. The molecule has 1 amide bonds. The van der Waals surface area contributed by atoms with Crippen molar-refractivity contribution in [1.82, 2.24) is 9.97 Å². The summed E-state index contributed by atoms with van der Waals surface area (Å²) in [5, 5.41) is 5.56. The molecule has 0 unspecified atom stereocenters. The summed E-state index contributed by atoms with van der Waals surface area (Å²) >= 11 is 7.62. The highest BCUT2D eigenvalue weighted by Crippen LogP contribution is 2.36. The molecule has 0 saturated heterocycles. The van der Waals surface area contributed by atoms with Gasteiger partial charge in [-0.3, -0.25) is 4.79 Å². The van der Waals surface area contributed by atoms with Crippen LogP contribution in [-0.4, -0.2) is 22.4 Å². The summed E-state index contributed by atoms with van der Waals surface area (Å²) in [5.74, 6) is 0.606. The largest absolute Gasteiger partial charge is 0.339 e. The monoisotopic (exact) mass is 370 g/mol. The van der Waals surface area contributed by atoms with Crippen molar-refractivity contribution in [2.75, 3.05) is 16.8 Å². The number of nitrogens with one attached hydrogen (secondary N) is 1. The van der Waals surface area contributed by atoms with Crippen LogP contribution in [0.2, 0.25) is 5.28 Å². The van der Waals surface area contributed by atoms with E-state index in [1.54, 1.807) is 16.2 Å². The lowest BCUT2D eigenvalue weighted by atomic mass is 9.99. The van der Waals surface area contributed by atoms with Gasteiger partial charge in [0, 0.05) is 17.9 Å². The number of hydrogen-bond acceptors (Lipinski definition) is 5. The Balaban J connectivity index is 1.78. The first-order valence-corrected chi connectivity index (χ1v) is 9.16. The van der Waals surface area contributed by atoms with Crippen LogP contribution in [-0.2, 0) is 11.2 Å². The summed E-state index contributed by atoms with van der Waals surface area (Å²) in [6, 6.07) is 7.82. The van der Waals surface area contributed by atoms with E-state index in [1.807, 2.05) is 29.6 Å². The fourth-order valence-corrected chi connectivity index (χ4v) is 4.08. The van der Waals surface area contributed by atoms with Gasteiger partial charge in [-0.05, 0) is 59.7 Å². The average Bonchev–Trinajstić information content (AvgIpc) is 3.09. The highest BCUT2D eigenvalue weighted by molar-refractivity contribution is 7.17. The van der Waals surface area contributed by atoms with E-state index >= 15 is 0 Å². The SMILES string of the molecule is C=CC(=O)N1CCCc2c(Nc3nc(Cl)nc4ccsc34)cccc21. The van der Waals surface area contributed by atoms with Crippen LogP contribution < -0.4 is 10.2 Å². The first-order chi connectivity index (χ1) is 12.2. The Morgan fingerprint density at radius 1 is 1.36 bits per heavy atom. The molecular formula is C18H15ClN4OS. The molecule has 5 nitrogen and oxygen atoms in total. The predicted octanol–water partition coefficient (Wildman–Crippen LogP) is 4.55. The Labute approximate surface area is 154 Å². The van der Waals surface area contributed by atoms with E-state index in [9.17, 15) is 4.79 Å². The van der Waals surface area contributed by atoms with Gasteiger partial charge in [-0.25, -0.2) is 4.98 Å². The molecule has 25 heavy (non-hydrogen) atoms. The molecule has 0 spiro atoms. The van der Waals surface area contributed by atoms with Crippen LogP contribution in [0.5, 0.6) is 0 Å². The number of rotatable bonds is 3. The van der Waals surface area contributed by atoms with E-state index in [1.165, 1.54) is 6.08 Å². The van der Waals surface area contributed by atoms with E-state index in [0.717, 1.165) is 40.0 Å². The van der Waals surface area contributed by atoms with Gasteiger partial charge in [-0.2, -0.15) is 4.98 Å². The number of nitrogens with zero attached hydrogens (tertiary/aromatic N) is 3. The quantitative estimate of drug-likeness (QED) is 0.542. The molecule has 0 radical (unpaired) electrons. The van der Waals surface area contributed by atoms with Crippen molar-refractivity contribution in [2.24, 2.45) is 0 Å². The normalized spacial score (nSPS) is 13.6. The molecule has 1 aromatic carbocycles. The van der Waals surface area contributed by atoms with Gasteiger partial charge in [0.1, 0.15) is 0 Å². The zero-order valence-electron chi connectivity index (χ0n) is 13.3. The molecule has 3 aromatic rings. The van der Waals surface area contributed by atoms with Crippen molar-refractivity contribution < 1.29 is 4.79 Å². The number of fused-ring (bicyclic) bond motifs is 2. The number of carbonyl (C=O) groups excluding carboxylic acids is 1. The van der Waals surface area contributed by atoms with E-state index in [2.05, 4.69) is 21.9 Å². The Morgan fingerprint density at radius 3 is 3.08 bits per heavy atom. The first kappa shape index (κ1) is 16.1. The van der Waals surface area contributed by atoms with Crippen molar-refractivity contribution in [3.63, 3.8) is 0 Å². The second-order valence-corrected chi connectivity index (χ2v) is 6.96. The van der Waals surface area contributed by atoms with E-state index in [0.29, 0.717) is 12.4 Å². The number of hydrogen-bond donors (Lipinski definition) is 1. The van der Waals surface area contributed by atoms with Crippen LogP contribution in [0.25, 0.3) is 10.2 Å². The van der Waals surface area contributed by atoms with Crippen molar-refractivity contribution >= 4 is 56.3 Å². The van der Waals surface area contributed by atoms with Gasteiger partial charge in [0.2, 0.25) is 11.2 Å². The third-order valence-corrected chi connectivity index (χ3v) is 5.30. The fourth-order valence-electron chi connectivity index (χ4n) is 3.13. The second-order valence-electron chi connectivity index (χ2n) is 5.70. The average molecular weight is 371 g/mol. The third kappa shape index (κ3) is 2.88. The smallest absolute Gasteiger partial charge is 0.250 e. The lowest BCUT2D eigenvalue weighted by Crippen LogP contribution is -2.34. The van der Waals surface area contributed by atoms with Crippen LogP contribution in [0.4, 0.5) is 17.2 Å². The molecular weight excluding hydrogens is 356 g/mol. The number of carbonyl (C=O) groups is 1.